The number of aliphatic hydroxyl groups is 1. The Morgan fingerprint density at radius 2 is 2.38 bits per heavy atom. The summed E-state index contributed by atoms with van der Waals surface area (Å²) in [5, 5.41) is 15.2. The van der Waals surface area contributed by atoms with Gasteiger partial charge in [0.25, 0.3) is 0 Å². The van der Waals surface area contributed by atoms with E-state index in [1.54, 1.807) is 6.20 Å². The number of urea groups is 1. The van der Waals surface area contributed by atoms with Gasteiger partial charge in [0.1, 0.15) is 0 Å². The van der Waals surface area contributed by atoms with Gasteiger partial charge >= 0.3 is 6.03 Å². The van der Waals surface area contributed by atoms with Gasteiger partial charge in [-0.3, -0.25) is 4.98 Å². The van der Waals surface area contributed by atoms with Crippen LogP contribution in [0.5, 0.6) is 0 Å². The molecule has 1 aromatic rings. The molecule has 0 aliphatic heterocycles. The first-order valence-electron chi connectivity index (χ1n) is 7.49. The van der Waals surface area contributed by atoms with Gasteiger partial charge in [-0.05, 0) is 37.8 Å². The second-order valence-corrected chi connectivity index (χ2v) is 5.39. The summed E-state index contributed by atoms with van der Waals surface area (Å²) in [5.74, 6) is -0.0208. The molecule has 0 spiro atoms. The van der Waals surface area contributed by atoms with E-state index in [1.165, 1.54) is 0 Å². The predicted molar refractivity (Wildman–Crippen MR) is 81.8 cm³/mol. The smallest absolute Gasteiger partial charge is 0.315 e. The zero-order valence-electron chi connectivity index (χ0n) is 12.2. The highest BCUT2D eigenvalue weighted by atomic mass is 16.3. The summed E-state index contributed by atoms with van der Waals surface area (Å²) in [7, 11) is 0. The average Bonchev–Trinajstić information content (AvgIpc) is 2.53. The number of nitrogens with zero attached hydrogens (tertiary/aromatic N) is 1. The summed E-state index contributed by atoms with van der Waals surface area (Å²) in [6.45, 7) is 0.468. The van der Waals surface area contributed by atoms with Crippen LogP contribution in [0.1, 0.15) is 25.0 Å². The van der Waals surface area contributed by atoms with Crippen molar-refractivity contribution in [1.29, 1.82) is 0 Å². The number of carbonyl (C=O) groups excluding carboxylic acids is 1. The number of hydrogen-bond donors (Lipinski definition) is 3. The number of carbonyl (C=O) groups is 1. The van der Waals surface area contributed by atoms with E-state index in [9.17, 15) is 9.90 Å². The molecule has 0 radical (unpaired) electrons. The minimum atomic E-state index is -0.175. The molecule has 114 valence electrons. The van der Waals surface area contributed by atoms with Crippen LogP contribution < -0.4 is 10.6 Å². The van der Waals surface area contributed by atoms with E-state index in [1.807, 2.05) is 24.3 Å². The van der Waals surface area contributed by atoms with Crippen LogP contribution in [0.4, 0.5) is 4.79 Å². The molecule has 3 N–H and O–H groups in total. The van der Waals surface area contributed by atoms with E-state index in [0.717, 1.165) is 25.0 Å². The molecule has 0 fully saturated rings. The molecule has 21 heavy (non-hydrogen) atoms. The van der Waals surface area contributed by atoms with Crippen LogP contribution in [-0.2, 0) is 6.42 Å². The fraction of sp³-hybridized carbons (Fsp3) is 0.500. The van der Waals surface area contributed by atoms with E-state index in [0.29, 0.717) is 13.0 Å². The lowest BCUT2D eigenvalue weighted by Crippen LogP contribution is -2.44. The minimum Gasteiger partial charge on any atom is -0.396 e. The quantitative estimate of drug-likeness (QED) is 0.697. The van der Waals surface area contributed by atoms with Gasteiger partial charge < -0.3 is 15.7 Å². The number of amides is 2. The predicted octanol–water partition coefficient (Wildman–Crippen LogP) is 1.64. The van der Waals surface area contributed by atoms with Crippen LogP contribution in [0.15, 0.2) is 36.5 Å². The average molecular weight is 289 g/mol. The Kier molecular flexibility index (Phi) is 6.22. The molecule has 5 nitrogen and oxygen atoms in total. The summed E-state index contributed by atoms with van der Waals surface area (Å²) < 4.78 is 0. The first-order chi connectivity index (χ1) is 10.3. The number of pyridine rings is 1. The summed E-state index contributed by atoms with van der Waals surface area (Å²) in [6.07, 6.45) is 9.73. The highest BCUT2D eigenvalue weighted by molar-refractivity contribution is 5.74. The topological polar surface area (TPSA) is 74.2 Å². The van der Waals surface area contributed by atoms with Crippen LogP contribution >= 0.6 is 0 Å². The van der Waals surface area contributed by atoms with Gasteiger partial charge in [-0.15, -0.1) is 0 Å². The highest BCUT2D eigenvalue weighted by Gasteiger charge is 2.14. The van der Waals surface area contributed by atoms with Gasteiger partial charge in [-0.25, -0.2) is 4.79 Å². The number of nitrogens with one attached hydrogen (secondary N) is 2. The van der Waals surface area contributed by atoms with Crippen LogP contribution in [0.3, 0.4) is 0 Å². The van der Waals surface area contributed by atoms with Crippen molar-refractivity contribution in [2.75, 3.05) is 13.2 Å². The molecule has 0 saturated heterocycles. The summed E-state index contributed by atoms with van der Waals surface area (Å²) in [5.41, 5.74) is 0.925. The normalized spacial score (nSPS) is 19.0. The van der Waals surface area contributed by atoms with Gasteiger partial charge in [0.05, 0.1) is 0 Å². The zero-order valence-corrected chi connectivity index (χ0v) is 12.2. The highest BCUT2D eigenvalue weighted by Crippen LogP contribution is 2.10. The maximum Gasteiger partial charge on any atom is 0.315 e. The second-order valence-electron chi connectivity index (χ2n) is 5.39. The SMILES string of the molecule is O=C(NCC(CO)Cc1ccccn1)NC1C=CCCC1. The number of allylic oxidation sites excluding steroid dienone is 1. The molecule has 0 bridgehead atoms. The van der Waals surface area contributed by atoms with E-state index in [2.05, 4.69) is 21.7 Å². The Balaban J connectivity index is 1.73. The molecule has 2 amide bonds. The van der Waals surface area contributed by atoms with Crippen LogP contribution in [0, 0.1) is 5.92 Å². The Morgan fingerprint density at radius 1 is 1.48 bits per heavy atom. The fourth-order valence-corrected chi connectivity index (χ4v) is 2.40. The number of aromatic nitrogens is 1. The number of rotatable bonds is 6. The van der Waals surface area contributed by atoms with E-state index in [-0.39, 0.29) is 24.6 Å². The van der Waals surface area contributed by atoms with Crippen molar-refractivity contribution in [2.24, 2.45) is 5.92 Å². The van der Waals surface area contributed by atoms with Gasteiger partial charge in [-0.2, -0.15) is 0 Å². The molecule has 1 aromatic heterocycles. The van der Waals surface area contributed by atoms with Gasteiger partial charge in [-0.1, -0.05) is 18.2 Å². The Morgan fingerprint density at radius 3 is 3.05 bits per heavy atom. The third-order valence-electron chi connectivity index (χ3n) is 3.60. The lowest BCUT2D eigenvalue weighted by molar-refractivity contribution is 0.212. The summed E-state index contributed by atoms with van der Waals surface area (Å²) in [6, 6.07) is 5.66. The molecular weight excluding hydrogens is 266 g/mol. The standard InChI is InChI=1S/C16H23N3O2/c20-12-13(10-15-8-4-5-9-17-15)11-18-16(21)19-14-6-2-1-3-7-14/h2,4-6,8-9,13-14,20H,1,3,7,10-12H2,(H2,18,19,21). The van der Waals surface area contributed by atoms with Crippen molar-refractivity contribution >= 4 is 6.03 Å². The van der Waals surface area contributed by atoms with Gasteiger partial charge in [0.2, 0.25) is 0 Å². The van der Waals surface area contributed by atoms with Crippen LogP contribution in [-0.4, -0.2) is 35.3 Å². The number of aliphatic hydroxyl groups excluding tert-OH is 1. The largest absolute Gasteiger partial charge is 0.396 e. The van der Waals surface area contributed by atoms with E-state index >= 15 is 0 Å². The maximum atomic E-state index is 11.8. The summed E-state index contributed by atoms with van der Waals surface area (Å²) >= 11 is 0. The second kappa shape index (κ2) is 8.42. The van der Waals surface area contributed by atoms with Crippen molar-refractivity contribution < 1.29 is 9.90 Å². The lowest BCUT2D eigenvalue weighted by Gasteiger charge is -2.20. The van der Waals surface area contributed by atoms with Gasteiger partial charge in [0, 0.05) is 37.0 Å². The minimum absolute atomic E-state index is 0.0208. The molecule has 0 aromatic carbocycles. The molecule has 0 saturated carbocycles. The Bertz CT molecular complexity index is 462. The first-order valence-corrected chi connectivity index (χ1v) is 7.49. The van der Waals surface area contributed by atoms with Gasteiger partial charge in [0.15, 0.2) is 0 Å². The molecular formula is C16H23N3O2. The maximum absolute atomic E-state index is 11.8. The molecule has 1 aliphatic carbocycles. The monoisotopic (exact) mass is 289 g/mol. The molecule has 2 atom stereocenters. The van der Waals surface area contributed by atoms with Crippen molar-refractivity contribution in [3.8, 4) is 0 Å². The van der Waals surface area contributed by atoms with Crippen molar-refractivity contribution in [3.63, 3.8) is 0 Å². The summed E-state index contributed by atoms with van der Waals surface area (Å²) in [4.78, 5) is 16.1. The van der Waals surface area contributed by atoms with Crippen molar-refractivity contribution in [3.05, 3.63) is 42.2 Å². The fourth-order valence-electron chi connectivity index (χ4n) is 2.40. The molecule has 1 aliphatic rings. The van der Waals surface area contributed by atoms with E-state index in [4.69, 9.17) is 0 Å². The van der Waals surface area contributed by atoms with Crippen molar-refractivity contribution in [1.82, 2.24) is 15.6 Å². The third kappa shape index (κ3) is 5.55. The Labute approximate surface area is 125 Å². The van der Waals surface area contributed by atoms with Crippen LogP contribution in [0.25, 0.3) is 0 Å². The molecule has 1 heterocycles. The molecule has 5 heteroatoms. The first kappa shape index (κ1) is 15.5. The third-order valence-corrected chi connectivity index (χ3v) is 3.60. The molecule has 2 unspecified atom stereocenters. The van der Waals surface area contributed by atoms with Crippen molar-refractivity contribution in [2.45, 2.75) is 31.7 Å². The Hall–Kier alpha value is -1.88. The number of hydrogen-bond acceptors (Lipinski definition) is 3. The van der Waals surface area contributed by atoms with Crippen LogP contribution in [0.2, 0.25) is 0 Å². The lowest BCUT2D eigenvalue weighted by atomic mass is 10.0. The zero-order chi connectivity index (χ0) is 14.9. The molecule has 2 rings (SSSR count). The van der Waals surface area contributed by atoms with E-state index < -0.39 is 0 Å².